The lowest BCUT2D eigenvalue weighted by molar-refractivity contribution is -0.128. The van der Waals surface area contributed by atoms with E-state index in [-0.39, 0.29) is 17.2 Å². The van der Waals surface area contributed by atoms with Crippen LogP contribution in [0.3, 0.4) is 0 Å². The Bertz CT molecular complexity index is 771. The molecule has 0 saturated carbocycles. The average molecular weight is 361 g/mol. The first-order valence-corrected chi connectivity index (χ1v) is 9.87. The van der Waals surface area contributed by atoms with Gasteiger partial charge in [0.25, 0.3) is 5.91 Å². The summed E-state index contributed by atoms with van der Waals surface area (Å²) in [5.74, 6) is 0.277. The highest BCUT2D eigenvalue weighted by atomic mass is 32.1. The fourth-order valence-electron chi connectivity index (χ4n) is 3.75. The highest BCUT2D eigenvalue weighted by Gasteiger charge is 2.48. The van der Waals surface area contributed by atoms with Crippen LogP contribution >= 0.6 is 22.7 Å². The first-order valence-electron chi connectivity index (χ1n) is 8.05. The summed E-state index contributed by atoms with van der Waals surface area (Å²) in [4.78, 5) is 33.3. The van der Waals surface area contributed by atoms with Crippen LogP contribution in [0.5, 0.6) is 0 Å². The van der Waals surface area contributed by atoms with E-state index >= 15 is 0 Å². The molecule has 2 amide bonds. The second-order valence-electron chi connectivity index (χ2n) is 6.77. The number of hydrogen-bond donors (Lipinski definition) is 0. The quantitative estimate of drug-likeness (QED) is 0.845. The highest BCUT2D eigenvalue weighted by molar-refractivity contribution is 7.09. The smallest absolute Gasteiger partial charge is 0.254 e. The zero-order chi connectivity index (χ0) is 16.7. The van der Waals surface area contributed by atoms with Crippen LogP contribution in [0.25, 0.3) is 0 Å². The minimum absolute atomic E-state index is 0.0756. The van der Waals surface area contributed by atoms with Crippen molar-refractivity contribution < 1.29 is 9.59 Å². The third kappa shape index (κ3) is 2.86. The van der Waals surface area contributed by atoms with Gasteiger partial charge in [0.1, 0.15) is 0 Å². The van der Waals surface area contributed by atoms with E-state index in [0.29, 0.717) is 19.5 Å². The van der Waals surface area contributed by atoms with Crippen molar-refractivity contribution in [1.82, 2.24) is 14.8 Å². The van der Waals surface area contributed by atoms with Crippen molar-refractivity contribution in [3.8, 4) is 0 Å². The molecule has 2 saturated heterocycles. The Kier molecular flexibility index (Phi) is 3.92. The van der Waals surface area contributed by atoms with Crippen molar-refractivity contribution in [2.24, 2.45) is 5.41 Å². The van der Waals surface area contributed by atoms with Gasteiger partial charge in [0.2, 0.25) is 5.91 Å². The van der Waals surface area contributed by atoms with Gasteiger partial charge >= 0.3 is 0 Å². The number of carbonyl (C=O) groups excluding carboxylic acids is 2. The predicted octanol–water partition coefficient (Wildman–Crippen LogP) is 2.78. The van der Waals surface area contributed by atoms with Crippen molar-refractivity contribution in [2.75, 3.05) is 19.6 Å². The monoisotopic (exact) mass is 361 g/mol. The molecular formula is C17H19N3O2S2. The van der Waals surface area contributed by atoms with Gasteiger partial charge in [-0.25, -0.2) is 4.98 Å². The second-order valence-corrected chi connectivity index (χ2v) is 8.62. The van der Waals surface area contributed by atoms with Gasteiger partial charge < -0.3 is 9.80 Å². The predicted molar refractivity (Wildman–Crippen MR) is 94.2 cm³/mol. The van der Waals surface area contributed by atoms with E-state index < -0.39 is 0 Å². The zero-order valence-electron chi connectivity index (χ0n) is 13.5. The lowest BCUT2D eigenvalue weighted by Gasteiger charge is -2.23. The van der Waals surface area contributed by atoms with Gasteiger partial charge in [-0.3, -0.25) is 9.59 Å². The molecule has 2 aromatic heterocycles. The highest BCUT2D eigenvalue weighted by Crippen LogP contribution is 2.41. The number of carbonyl (C=O) groups is 2. The Labute approximate surface area is 148 Å². The lowest BCUT2D eigenvalue weighted by Crippen LogP contribution is -2.34. The maximum atomic E-state index is 12.5. The number of amides is 2. The van der Waals surface area contributed by atoms with Crippen LogP contribution in [0, 0.1) is 12.3 Å². The van der Waals surface area contributed by atoms with E-state index in [0.717, 1.165) is 35.8 Å². The molecule has 0 bridgehead atoms. The van der Waals surface area contributed by atoms with Crippen molar-refractivity contribution in [3.05, 3.63) is 38.5 Å². The van der Waals surface area contributed by atoms with Gasteiger partial charge in [-0.15, -0.1) is 11.3 Å². The summed E-state index contributed by atoms with van der Waals surface area (Å²) in [6.45, 7) is 4.72. The molecule has 4 heterocycles. The summed E-state index contributed by atoms with van der Waals surface area (Å²) in [6, 6.07) is 1.87. The molecule has 1 spiro atoms. The van der Waals surface area contributed by atoms with E-state index in [1.165, 1.54) is 11.3 Å². The van der Waals surface area contributed by atoms with Crippen LogP contribution in [0.15, 0.2) is 22.2 Å². The van der Waals surface area contributed by atoms with Crippen LogP contribution in [0.1, 0.15) is 33.9 Å². The molecule has 1 atom stereocenters. The van der Waals surface area contributed by atoms with Crippen molar-refractivity contribution in [3.63, 3.8) is 0 Å². The van der Waals surface area contributed by atoms with Crippen LogP contribution in [0.2, 0.25) is 0 Å². The van der Waals surface area contributed by atoms with Crippen molar-refractivity contribution >= 4 is 34.5 Å². The van der Waals surface area contributed by atoms with Gasteiger partial charge in [0.15, 0.2) is 0 Å². The largest absolute Gasteiger partial charge is 0.338 e. The Morgan fingerprint density at radius 2 is 2.25 bits per heavy atom. The molecule has 5 nitrogen and oxygen atoms in total. The molecule has 2 aliphatic heterocycles. The molecule has 0 radical (unpaired) electrons. The van der Waals surface area contributed by atoms with Gasteiger partial charge in [-0.05, 0) is 24.8 Å². The summed E-state index contributed by atoms with van der Waals surface area (Å²) < 4.78 is 0. The number of thiophene rings is 1. The molecule has 0 N–H and O–H groups in total. The Hall–Kier alpha value is -1.73. The Morgan fingerprint density at radius 1 is 1.38 bits per heavy atom. The molecule has 0 unspecified atom stereocenters. The fourth-order valence-corrected chi connectivity index (χ4v) is 4.99. The maximum Gasteiger partial charge on any atom is 0.254 e. The number of aromatic nitrogens is 1. The SMILES string of the molecule is Cc1nc(CN2C[C@@]3(CCN(C(=O)c4ccsc4)C3)CC2=O)cs1. The molecule has 0 aromatic carbocycles. The summed E-state index contributed by atoms with van der Waals surface area (Å²) in [5, 5.41) is 6.87. The molecule has 2 fully saturated rings. The van der Waals surface area contributed by atoms with Crippen LogP contribution in [-0.4, -0.2) is 46.2 Å². The van der Waals surface area contributed by atoms with Gasteiger partial charge in [0, 0.05) is 42.2 Å². The van der Waals surface area contributed by atoms with Gasteiger partial charge in [-0.1, -0.05) is 0 Å². The van der Waals surface area contributed by atoms with Crippen molar-refractivity contribution in [2.45, 2.75) is 26.3 Å². The minimum Gasteiger partial charge on any atom is -0.338 e. The fraction of sp³-hybridized carbons (Fsp3) is 0.471. The molecular weight excluding hydrogens is 342 g/mol. The van der Waals surface area contributed by atoms with Gasteiger partial charge in [0.05, 0.1) is 22.8 Å². The Balaban J connectivity index is 1.43. The third-order valence-electron chi connectivity index (χ3n) is 4.92. The van der Waals surface area contributed by atoms with E-state index in [9.17, 15) is 9.59 Å². The van der Waals surface area contributed by atoms with E-state index in [1.807, 2.05) is 38.9 Å². The normalized spacial score (nSPS) is 23.6. The molecule has 2 aliphatic rings. The van der Waals surface area contributed by atoms with E-state index in [4.69, 9.17) is 0 Å². The third-order valence-corrected chi connectivity index (χ3v) is 6.42. The molecule has 2 aromatic rings. The number of likely N-dealkylation sites (tertiary alicyclic amines) is 2. The van der Waals surface area contributed by atoms with Crippen molar-refractivity contribution in [1.29, 1.82) is 0 Å². The number of thiazole rings is 1. The zero-order valence-corrected chi connectivity index (χ0v) is 15.2. The number of hydrogen-bond acceptors (Lipinski definition) is 5. The minimum atomic E-state index is -0.0756. The van der Waals surface area contributed by atoms with Crippen LogP contribution in [0.4, 0.5) is 0 Å². The Morgan fingerprint density at radius 3 is 2.96 bits per heavy atom. The number of aryl methyl sites for hydroxylation is 1. The summed E-state index contributed by atoms with van der Waals surface area (Å²) in [5.41, 5.74) is 1.65. The lowest BCUT2D eigenvalue weighted by atomic mass is 9.86. The number of nitrogens with zero attached hydrogens (tertiary/aromatic N) is 3. The molecule has 0 aliphatic carbocycles. The molecule has 4 rings (SSSR count). The first kappa shape index (κ1) is 15.8. The maximum absolute atomic E-state index is 12.5. The standard InChI is InChI=1S/C17H19N3O2S2/c1-12-18-14(9-24-12)7-20-11-17(6-15(20)21)3-4-19(10-17)16(22)13-2-5-23-8-13/h2,5,8-9H,3-4,6-7,10-11H2,1H3/t17-/m0/s1. The number of rotatable bonds is 3. The van der Waals surface area contributed by atoms with Gasteiger partial charge in [-0.2, -0.15) is 11.3 Å². The average Bonchev–Trinajstić information content (AvgIpc) is 3.30. The topological polar surface area (TPSA) is 53.5 Å². The van der Waals surface area contributed by atoms with Crippen LogP contribution < -0.4 is 0 Å². The van der Waals surface area contributed by atoms with E-state index in [2.05, 4.69) is 4.98 Å². The molecule has 7 heteroatoms. The summed E-state index contributed by atoms with van der Waals surface area (Å²) >= 11 is 3.15. The molecule has 126 valence electrons. The summed E-state index contributed by atoms with van der Waals surface area (Å²) in [7, 11) is 0. The second kappa shape index (κ2) is 5.97. The molecule has 24 heavy (non-hydrogen) atoms. The summed E-state index contributed by atoms with van der Waals surface area (Å²) in [6.07, 6.45) is 1.45. The van der Waals surface area contributed by atoms with Crippen LogP contribution in [-0.2, 0) is 11.3 Å². The van der Waals surface area contributed by atoms with E-state index in [1.54, 1.807) is 11.3 Å². The first-order chi connectivity index (χ1) is 11.5.